The summed E-state index contributed by atoms with van der Waals surface area (Å²) < 4.78 is 6.54. The van der Waals surface area contributed by atoms with Crippen molar-refractivity contribution in [2.24, 2.45) is 23.2 Å². The first kappa shape index (κ1) is 16.4. The van der Waals surface area contributed by atoms with Crippen LogP contribution in [0.4, 0.5) is 0 Å². The Balaban J connectivity index is 1.35. The van der Waals surface area contributed by atoms with Gasteiger partial charge in [0.15, 0.2) is 6.61 Å². The summed E-state index contributed by atoms with van der Waals surface area (Å²) >= 11 is 3.45. The normalized spacial score (nSPS) is 34.8. The molecule has 0 aliphatic heterocycles. The van der Waals surface area contributed by atoms with Crippen LogP contribution in [0.3, 0.4) is 0 Å². The number of hydrogen-bond acceptors (Lipinski definition) is 2. The second-order valence-corrected chi connectivity index (χ2v) is 9.14. The van der Waals surface area contributed by atoms with E-state index >= 15 is 0 Å². The third-order valence-corrected chi connectivity index (χ3v) is 7.23. The van der Waals surface area contributed by atoms with Crippen LogP contribution in [-0.4, -0.2) is 18.6 Å². The van der Waals surface area contributed by atoms with Gasteiger partial charge in [0.1, 0.15) is 5.75 Å². The van der Waals surface area contributed by atoms with E-state index < -0.39 is 0 Å². The Bertz CT molecular complexity index is 595. The second-order valence-electron chi connectivity index (χ2n) is 8.29. The molecule has 4 saturated carbocycles. The van der Waals surface area contributed by atoms with Crippen molar-refractivity contribution in [3.63, 3.8) is 0 Å². The summed E-state index contributed by atoms with van der Waals surface area (Å²) in [5.41, 5.74) is 0.345. The highest BCUT2D eigenvalue weighted by atomic mass is 79.9. The Hall–Kier alpha value is -1.03. The minimum atomic E-state index is -0.00556. The summed E-state index contributed by atoms with van der Waals surface area (Å²) in [5.74, 6) is 3.44. The van der Waals surface area contributed by atoms with Gasteiger partial charge in [0.05, 0.1) is 4.47 Å². The van der Waals surface area contributed by atoms with Gasteiger partial charge in [-0.1, -0.05) is 12.1 Å². The molecule has 4 aliphatic carbocycles. The molecule has 4 heteroatoms. The third kappa shape index (κ3) is 3.10. The van der Waals surface area contributed by atoms with Crippen LogP contribution in [-0.2, 0) is 4.79 Å². The van der Waals surface area contributed by atoms with E-state index in [9.17, 15) is 4.79 Å². The van der Waals surface area contributed by atoms with Gasteiger partial charge in [-0.25, -0.2) is 0 Å². The molecule has 1 aromatic rings. The SMILES string of the molecule is C[C@H](NC(=O)COc1ccccc1Br)C12CC3CC(CC(C3)C1)C2. The maximum Gasteiger partial charge on any atom is 0.258 e. The summed E-state index contributed by atoms with van der Waals surface area (Å²) in [5, 5.41) is 3.25. The first-order valence-corrected chi connectivity index (χ1v) is 10.00. The largest absolute Gasteiger partial charge is 0.483 e. The Morgan fingerprint density at radius 2 is 1.79 bits per heavy atom. The van der Waals surface area contributed by atoms with Crippen LogP contribution in [0.2, 0.25) is 0 Å². The van der Waals surface area contributed by atoms with Gasteiger partial charge in [-0.05, 0) is 96.7 Å². The number of para-hydroxylation sites is 1. The smallest absolute Gasteiger partial charge is 0.258 e. The van der Waals surface area contributed by atoms with Crippen molar-refractivity contribution >= 4 is 21.8 Å². The van der Waals surface area contributed by atoms with Gasteiger partial charge in [0.25, 0.3) is 5.91 Å². The van der Waals surface area contributed by atoms with E-state index in [0.29, 0.717) is 5.41 Å². The second kappa shape index (κ2) is 6.36. The molecule has 4 bridgehead atoms. The highest BCUT2D eigenvalue weighted by molar-refractivity contribution is 9.10. The molecular weight excluding hydrogens is 366 g/mol. The van der Waals surface area contributed by atoms with Crippen molar-refractivity contribution in [3.05, 3.63) is 28.7 Å². The third-order valence-electron chi connectivity index (χ3n) is 6.58. The van der Waals surface area contributed by atoms with Crippen molar-refractivity contribution in [2.45, 2.75) is 51.5 Å². The zero-order chi connectivity index (χ0) is 16.7. The predicted molar refractivity (Wildman–Crippen MR) is 97.8 cm³/mol. The van der Waals surface area contributed by atoms with Crippen molar-refractivity contribution in [1.82, 2.24) is 5.32 Å². The number of amides is 1. The standard InChI is InChI=1S/C20H26BrNO2/c1-13(20-9-14-6-15(10-20)8-16(7-14)11-20)22-19(23)12-24-18-5-3-2-4-17(18)21/h2-5,13-16H,6-12H2,1H3,(H,22,23)/t13-,14?,15?,16?,20?/m0/s1. The Labute approximate surface area is 152 Å². The zero-order valence-electron chi connectivity index (χ0n) is 14.3. The van der Waals surface area contributed by atoms with Crippen LogP contribution in [0.1, 0.15) is 45.4 Å². The van der Waals surface area contributed by atoms with E-state index in [1.54, 1.807) is 0 Å². The maximum absolute atomic E-state index is 12.4. The highest BCUT2D eigenvalue weighted by Crippen LogP contribution is 2.61. The van der Waals surface area contributed by atoms with E-state index in [4.69, 9.17) is 4.74 Å². The van der Waals surface area contributed by atoms with Crippen LogP contribution in [0.25, 0.3) is 0 Å². The average molecular weight is 392 g/mol. The van der Waals surface area contributed by atoms with Gasteiger partial charge >= 0.3 is 0 Å². The van der Waals surface area contributed by atoms with Crippen molar-refractivity contribution < 1.29 is 9.53 Å². The average Bonchev–Trinajstić information content (AvgIpc) is 2.53. The number of carbonyl (C=O) groups excluding carboxylic acids is 1. The van der Waals surface area contributed by atoms with Gasteiger partial charge in [0.2, 0.25) is 0 Å². The van der Waals surface area contributed by atoms with Crippen LogP contribution in [0.15, 0.2) is 28.7 Å². The number of benzene rings is 1. The fraction of sp³-hybridized carbons (Fsp3) is 0.650. The quantitative estimate of drug-likeness (QED) is 0.799. The van der Waals surface area contributed by atoms with E-state index in [-0.39, 0.29) is 18.6 Å². The molecule has 1 N–H and O–H groups in total. The summed E-state index contributed by atoms with van der Waals surface area (Å²) in [6, 6.07) is 7.90. The highest BCUT2D eigenvalue weighted by Gasteiger charge is 2.53. The molecule has 0 spiro atoms. The van der Waals surface area contributed by atoms with E-state index in [1.807, 2.05) is 24.3 Å². The molecule has 1 amide bonds. The minimum absolute atomic E-state index is 0.00556. The number of rotatable bonds is 5. The number of hydrogen-bond donors (Lipinski definition) is 1. The van der Waals surface area contributed by atoms with Gasteiger partial charge in [-0.15, -0.1) is 0 Å². The van der Waals surface area contributed by atoms with Crippen molar-refractivity contribution in [1.29, 1.82) is 0 Å². The molecular formula is C20H26BrNO2. The molecule has 1 aromatic carbocycles. The van der Waals surface area contributed by atoms with Gasteiger partial charge in [-0.2, -0.15) is 0 Å². The molecule has 4 fully saturated rings. The molecule has 0 saturated heterocycles. The predicted octanol–water partition coefficient (Wildman–Crippen LogP) is 4.55. The van der Waals surface area contributed by atoms with E-state index in [0.717, 1.165) is 28.0 Å². The van der Waals surface area contributed by atoms with Crippen LogP contribution in [0.5, 0.6) is 5.75 Å². The first-order chi connectivity index (χ1) is 11.5. The lowest BCUT2D eigenvalue weighted by molar-refractivity contribution is -0.127. The number of nitrogens with one attached hydrogen (secondary N) is 1. The molecule has 0 radical (unpaired) electrons. The molecule has 4 aliphatic rings. The maximum atomic E-state index is 12.4. The minimum Gasteiger partial charge on any atom is -0.483 e. The summed E-state index contributed by atoms with van der Waals surface area (Å²) in [7, 11) is 0. The number of ether oxygens (including phenoxy) is 1. The first-order valence-electron chi connectivity index (χ1n) is 9.21. The van der Waals surface area contributed by atoms with Crippen LogP contribution < -0.4 is 10.1 Å². The zero-order valence-corrected chi connectivity index (χ0v) is 15.8. The van der Waals surface area contributed by atoms with Gasteiger partial charge in [-0.3, -0.25) is 4.79 Å². The molecule has 0 aromatic heterocycles. The van der Waals surface area contributed by atoms with E-state index in [2.05, 4.69) is 28.2 Å². The molecule has 0 unspecified atom stereocenters. The Morgan fingerprint density at radius 1 is 1.21 bits per heavy atom. The number of carbonyl (C=O) groups is 1. The molecule has 5 rings (SSSR count). The molecule has 1 atom stereocenters. The fourth-order valence-electron chi connectivity index (χ4n) is 5.85. The summed E-state index contributed by atoms with van der Waals surface area (Å²) in [6.45, 7) is 2.29. The van der Waals surface area contributed by atoms with Crippen LogP contribution in [0, 0.1) is 23.2 Å². The van der Waals surface area contributed by atoms with Gasteiger partial charge < -0.3 is 10.1 Å². The van der Waals surface area contributed by atoms with Crippen molar-refractivity contribution in [3.8, 4) is 5.75 Å². The number of halogens is 1. The van der Waals surface area contributed by atoms with Crippen molar-refractivity contribution in [2.75, 3.05) is 6.61 Å². The Morgan fingerprint density at radius 3 is 2.38 bits per heavy atom. The molecule has 3 nitrogen and oxygen atoms in total. The van der Waals surface area contributed by atoms with Crippen LogP contribution >= 0.6 is 15.9 Å². The fourth-order valence-corrected chi connectivity index (χ4v) is 6.25. The Kier molecular flexibility index (Phi) is 4.36. The lowest BCUT2D eigenvalue weighted by Crippen LogP contribution is -2.56. The molecule has 130 valence electrons. The molecule has 24 heavy (non-hydrogen) atoms. The summed E-state index contributed by atoms with van der Waals surface area (Å²) in [6.07, 6.45) is 8.24. The lowest BCUT2D eigenvalue weighted by Gasteiger charge is -2.59. The summed E-state index contributed by atoms with van der Waals surface area (Å²) in [4.78, 5) is 12.4. The van der Waals surface area contributed by atoms with Gasteiger partial charge in [0, 0.05) is 6.04 Å². The van der Waals surface area contributed by atoms with E-state index in [1.165, 1.54) is 38.5 Å². The topological polar surface area (TPSA) is 38.3 Å². The monoisotopic (exact) mass is 391 g/mol. The lowest BCUT2D eigenvalue weighted by atomic mass is 9.48. The molecule has 0 heterocycles.